The molecule has 0 heterocycles. The first-order valence-corrected chi connectivity index (χ1v) is 8.60. The summed E-state index contributed by atoms with van der Waals surface area (Å²) in [5, 5.41) is -1.95. The Morgan fingerprint density at radius 1 is 1.57 bits per heavy atom. The molecule has 23 heavy (non-hydrogen) atoms. The van der Waals surface area contributed by atoms with E-state index in [1.165, 1.54) is 6.92 Å². The summed E-state index contributed by atoms with van der Waals surface area (Å²) in [7, 11) is -4.44. The molecule has 0 aliphatic heterocycles. The van der Waals surface area contributed by atoms with Crippen LogP contribution >= 0.6 is 11.6 Å². The van der Waals surface area contributed by atoms with Crippen molar-refractivity contribution in [2.24, 2.45) is 0 Å². The van der Waals surface area contributed by atoms with E-state index in [1.807, 2.05) is 0 Å². The smallest absolute Gasteiger partial charge is 0.335 e. The second-order valence-corrected chi connectivity index (χ2v) is 6.88. The van der Waals surface area contributed by atoms with Crippen LogP contribution < -0.4 is 4.72 Å². The van der Waals surface area contributed by atoms with E-state index in [0.717, 1.165) is 18.2 Å². The van der Waals surface area contributed by atoms with Crippen LogP contribution in [0.1, 0.15) is 31.6 Å². The zero-order valence-electron chi connectivity index (χ0n) is 16.1. The predicted molar refractivity (Wildman–Crippen MR) is 86.3 cm³/mol. The quantitative estimate of drug-likeness (QED) is 0.813. The average Bonchev–Trinajstić information content (AvgIpc) is 2.52. The fourth-order valence-corrected chi connectivity index (χ4v) is 3.66. The fourth-order valence-electron chi connectivity index (χ4n) is 1.96. The van der Waals surface area contributed by atoms with Gasteiger partial charge in [-0.3, -0.25) is 4.72 Å². The third kappa shape index (κ3) is 4.23. The molecule has 8 heteroatoms. The maximum atomic E-state index is 13.2. The van der Waals surface area contributed by atoms with Gasteiger partial charge in [0.25, 0.3) is 0 Å². The van der Waals surface area contributed by atoms with Crippen molar-refractivity contribution in [3.8, 4) is 0 Å². The van der Waals surface area contributed by atoms with Crippen molar-refractivity contribution in [3.05, 3.63) is 40.7 Å². The maximum Gasteiger partial charge on any atom is 0.335 e. The van der Waals surface area contributed by atoms with Crippen LogP contribution in [0.25, 0.3) is 0 Å². The molecule has 0 amide bonds. The molecule has 0 spiro atoms. The molecule has 0 bridgehead atoms. The molecular weight excluding hydrogens is 345 g/mol. The summed E-state index contributed by atoms with van der Waals surface area (Å²) in [5.74, 6) is -1.74. The number of ether oxygens (including phenoxy) is 1. The lowest BCUT2D eigenvalue weighted by Gasteiger charge is -2.24. The van der Waals surface area contributed by atoms with E-state index in [2.05, 4.69) is 4.72 Å². The molecule has 0 radical (unpaired) electrons. The van der Waals surface area contributed by atoms with Crippen LogP contribution in [0.2, 0.25) is 5.02 Å². The van der Waals surface area contributed by atoms with Gasteiger partial charge < -0.3 is 4.74 Å². The van der Waals surface area contributed by atoms with Crippen LogP contribution in [-0.4, -0.2) is 26.2 Å². The summed E-state index contributed by atoms with van der Waals surface area (Å²) >= 11 is 5.82. The normalized spacial score (nSPS) is 25.2. The monoisotopic (exact) mass is 365 g/mol. The van der Waals surface area contributed by atoms with Crippen molar-refractivity contribution in [3.63, 3.8) is 0 Å². The molecule has 1 atom stereocenters. The number of esters is 1. The number of rotatable bonds is 5. The third-order valence-electron chi connectivity index (χ3n) is 3.03. The van der Waals surface area contributed by atoms with Gasteiger partial charge in [-0.1, -0.05) is 17.7 Å². The zero-order chi connectivity index (χ0) is 20.6. The van der Waals surface area contributed by atoms with Gasteiger partial charge in [0.2, 0.25) is 10.0 Å². The van der Waals surface area contributed by atoms with E-state index >= 15 is 0 Å². The third-order valence-corrected chi connectivity index (χ3v) is 5.02. The van der Waals surface area contributed by atoms with Gasteiger partial charge in [-0.05, 0) is 44.3 Å². The average molecular weight is 366 g/mol. The summed E-state index contributed by atoms with van der Waals surface area (Å²) in [4.78, 5) is 12.2. The van der Waals surface area contributed by atoms with Crippen LogP contribution in [0.15, 0.2) is 29.8 Å². The van der Waals surface area contributed by atoms with Crippen molar-refractivity contribution in [2.45, 2.75) is 31.3 Å². The van der Waals surface area contributed by atoms with Gasteiger partial charge >= 0.3 is 5.97 Å². The first-order valence-electron chi connectivity index (χ1n) is 8.67. The number of allylic oxidation sites excluding steroid dienone is 1. The van der Waals surface area contributed by atoms with Gasteiger partial charge in [0.15, 0.2) is 0 Å². The molecule has 1 aromatic rings. The van der Waals surface area contributed by atoms with Gasteiger partial charge in [0, 0.05) is 5.48 Å². The molecule has 126 valence electrons. The number of benzene rings is 1. The highest BCUT2D eigenvalue weighted by molar-refractivity contribution is 7.93. The second kappa shape index (κ2) is 7.31. The molecule has 5 nitrogen and oxygen atoms in total. The minimum Gasteiger partial charge on any atom is -0.463 e. The summed E-state index contributed by atoms with van der Waals surface area (Å²) in [6.45, 7) is 1.42. The van der Waals surface area contributed by atoms with Crippen LogP contribution in [0.5, 0.6) is 0 Å². The van der Waals surface area contributed by atoms with E-state index < -0.39 is 51.8 Å². The number of hydrogen-bond donors (Lipinski definition) is 1. The van der Waals surface area contributed by atoms with Gasteiger partial charge in [0.1, 0.15) is 11.1 Å². The highest BCUT2D eigenvalue weighted by Gasteiger charge is 2.35. The highest BCUT2D eigenvalue weighted by atomic mass is 35.5. The van der Waals surface area contributed by atoms with Crippen molar-refractivity contribution < 1.29 is 27.8 Å². The van der Waals surface area contributed by atoms with Gasteiger partial charge in [-0.2, -0.15) is 0 Å². The fraction of sp³-hybridized carbons (Fsp3) is 0.400. The Balaban J connectivity index is 2.49. The lowest BCUT2D eigenvalue weighted by Crippen LogP contribution is -2.34. The Hall–Kier alpha value is -1.60. The second-order valence-electron chi connectivity index (χ2n) is 4.61. The Morgan fingerprint density at radius 2 is 2.30 bits per heavy atom. The number of sulfonamides is 1. The van der Waals surface area contributed by atoms with E-state index in [-0.39, 0.29) is 17.3 Å². The molecule has 0 fully saturated rings. The van der Waals surface area contributed by atoms with Crippen molar-refractivity contribution >= 4 is 33.3 Å². The molecule has 2 rings (SSSR count). The number of carbonyl (C=O) groups is 1. The van der Waals surface area contributed by atoms with E-state index in [4.69, 9.17) is 21.8 Å². The Kier molecular flexibility index (Phi) is 4.06. The first kappa shape index (κ1) is 12.8. The molecule has 1 aromatic carbocycles. The summed E-state index contributed by atoms with van der Waals surface area (Å²) in [6.07, 6.45) is -5.31. The Bertz CT molecular complexity index is 892. The van der Waals surface area contributed by atoms with Gasteiger partial charge in [0.05, 0.1) is 22.9 Å². The number of halogens is 2. The molecule has 1 N–H and O–H groups in total. The van der Waals surface area contributed by atoms with Crippen LogP contribution in [0, 0.1) is 5.82 Å². The zero-order valence-corrected chi connectivity index (χ0v) is 13.7. The van der Waals surface area contributed by atoms with Crippen LogP contribution in [-0.2, 0) is 19.6 Å². The number of hydrogen-bond acceptors (Lipinski definition) is 4. The number of anilines is 1. The highest BCUT2D eigenvalue weighted by Crippen LogP contribution is 2.30. The molecular formula is C15H17ClFNO4S. The summed E-state index contributed by atoms with van der Waals surface area (Å²) in [6, 6.07) is 2.95. The predicted octanol–water partition coefficient (Wildman–Crippen LogP) is 3.26. The number of carbonyl (C=O) groups excluding carboxylic acids is 1. The SMILES string of the molecule is [2H]C1([2H])C=C(C(=O)OCC)[C@H](S(=O)(=O)Nc2ccc(F)cc2Cl)CC1([2H])[2H]. The Morgan fingerprint density at radius 3 is 2.96 bits per heavy atom. The Labute approximate surface area is 145 Å². The molecule has 0 saturated heterocycles. The summed E-state index contributed by atoms with van der Waals surface area (Å²) < 4.78 is 76.9. The van der Waals surface area contributed by atoms with Crippen LogP contribution in [0.4, 0.5) is 10.1 Å². The van der Waals surface area contributed by atoms with Crippen LogP contribution in [0.3, 0.4) is 0 Å². The lowest BCUT2D eigenvalue weighted by atomic mass is 9.99. The molecule has 1 aliphatic rings. The van der Waals surface area contributed by atoms with Crippen molar-refractivity contribution in [1.82, 2.24) is 0 Å². The first-order chi connectivity index (χ1) is 12.3. The maximum absolute atomic E-state index is 13.2. The minimum atomic E-state index is -4.44. The molecule has 0 aromatic heterocycles. The van der Waals surface area contributed by atoms with E-state index in [9.17, 15) is 17.6 Å². The molecule has 0 unspecified atom stereocenters. The molecule has 1 aliphatic carbocycles. The molecule has 0 saturated carbocycles. The van der Waals surface area contributed by atoms with Crippen molar-refractivity contribution in [2.75, 3.05) is 11.3 Å². The van der Waals surface area contributed by atoms with Gasteiger partial charge in [-0.15, -0.1) is 0 Å². The van der Waals surface area contributed by atoms with E-state index in [1.54, 1.807) is 0 Å². The largest absolute Gasteiger partial charge is 0.463 e. The van der Waals surface area contributed by atoms with Crippen molar-refractivity contribution in [1.29, 1.82) is 0 Å². The van der Waals surface area contributed by atoms with E-state index in [0.29, 0.717) is 6.08 Å². The number of nitrogens with one attached hydrogen (secondary N) is 1. The standard InChI is InChI=1S/C15H17ClFNO4S/c1-2-22-15(19)11-5-3-4-6-14(11)23(20,21)18-13-8-7-10(17)9-12(13)16/h5,7-9,14,18H,2-4,6H2,1H3/t14-/m1/s1/i3D2,4D2. The summed E-state index contributed by atoms with van der Waals surface area (Å²) in [5.41, 5.74) is -0.668. The lowest BCUT2D eigenvalue weighted by molar-refractivity contribution is -0.138. The topological polar surface area (TPSA) is 72.5 Å². The van der Waals surface area contributed by atoms with Gasteiger partial charge in [-0.25, -0.2) is 17.6 Å². The minimum absolute atomic E-state index is 0.0734.